The molecule has 1 unspecified atom stereocenters. The van der Waals surface area contributed by atoms with Gasteiger partial charge in [-0.05, 0) is 19.4 Å². The van der Waals surface area contributed by atoms with Crippen molar-refractivity contribution in [3.63, 3.8) is 0 Å². The van der Waals surface area contributed by atoms with Gasteiger partial charge in [0.05, 0.1) is 0 Å². The first-order chi connectivity index (χ1) is 4.34. The lowest BCUT2D eigenvalue weighted by molar-refractivity contribution is 0.190. The quantitative estimate of drug-likeness (QED) is 0.473. The van der Waals surface area contributed by atoms with Gasteiger partial charge in [0, 0.05) is 6.04 Å². The summed E-state index contributed by atoms with van der Waals surface area (Å²) in [7, 11) is 0. The fraction of sp³-hybridized carbons (Fsp3) is 0.714. The topological polar surface area (TPSA) is 32.3 Å². The molecule has 1 saturated heterocycles. The van der Waals surface area contributed by atoms with Crippen LogP contribution in [0, 0.1) is 12.3 Å². The number of hydrogen-bond donors (Lipinski definition) is 2. The second kappa shape index (κ2) is 2.86. The molecule has 2 atom stereocenters. The minimum absolute atomic E-state index is 0.148. The Balaban J connectivity index is 2.34. The summed E-state index contributed by atoms with van der Waals surface area (Å²) < 4.78 is 0. The second-order valence-electron chi connectivity index (χ2n) is 2.31. The summed E-state index contributed by atoms with van der Waals surface area (Å²) >= 11 is 0. The minimum atomic E-state index is -0.590. The molecule has 1 aliphatic heterocycles. The van der Waals surface area contributed by atoms with Gasteiger partial charge in [-0.25, -0.2) is 0 Å². The third kappa shape index (κ3) is 1.44. The van der Waals surface area contributed by atoms with Crippen molar-refractivity contribution in [2.45, 2.75) is 25.0 Å². The zero-order chi connectivity index (χ0) is 6.69. The van der Waals surface area contributed by atoms with E-state index in [1.807, 2.05) is 0 Å². The summed E-state index contributed by atoms with van der Waals surface area (Å²) in [4.78, 5) is 0. The molecule has 2 N–H and O–H groups in total. The van der Waals surface area contributed by atoms with Crippen molar-refractivity contribution in [2.24, 2.45) is 0 Å². The number of aliphatic hydroxyl groups is 1. The fourth-order valence-corrected chi connectivity index (χ4v) is 1.10. The van der Waals surface area contributed by atoms with Crippen LogP contribution in [0.2, 0.25) is 0 Å². The van der Waals surface area contributed by atoms with Crippen LogP contribution >= 0.6 is 0 Å². The first-order valence-electron chi connectivity index (χ1n) is 3.22. The summed E-state index contributed by atoms with van der Waals surface area (Å²) in [6, 6.07) is 0.148. The van der Waals surface area contributed by atoms with Crippen LogP contribution in [0.5, 0.6) is 0 Å². The molecule has 0 aromatic heterocycles. The number of aliphatic hydroxyl groups excluding tert-OH is 1. The van der Waals surface area contributed by atoms with E-state index in [2.05, 4.69) is 11.2 Å². The highest BCUT2D eigenvalue weighted by Gasteiger charge is 2.19. The lowest BCUT2D eigenvalue weighted by Crippen LogP contribution is -2.33. The molecule has 0 aromatic rings. The lowest BCUT2D eigenvalue weighted by atomic mass is 10.1. The van der Waals surface area contributed by atoms with E-state index < -0.39 is 6.10 Å². The van der Waals surface area contributed by atoms with E-state index in [4.69, 9.17) is 11.5 Å². The molecule has 9 heavy (non-hydrogen) atoms. The Hall–Kier alpha value is -0.520. The Kier molecular flexibility index (Phi) is 2.10. The zero-order valence-corrected chi connectivity index (χ0v) is 5.30. The Bertz CT molecular complexity index is 121. The largest absolute Gasteiger partial charge is 0.379 e. The maximum absolute atomic E-state index is 9.06. The van der Waals surface area contributed by atoms with E-state index >= 15 is 0 Å². The van der Waals surface area contributed by atoms with Gasteiger partial charge >= 0.3 is 0 Å². The molecule has 2 heteroatoms. The van der Waals surface area contributed by atoms with Crippen LogP contribution in [-0.4, -0.2) is 23.8 Å². The predicted molar refractivity (Wildman–Crippen MR) is 35.9 cm³/mol. The molecule has 2 nitrogen and oxygen atoms in total. The zero-order valence-electron chi connectivity index (χ0n) is 5.30. The normalized spacial score (nSPS) is 29.6. The van der Waals surface area contributed by atoms with Crippen molar-refractivity contribution < 1.29 is 5.11 Å². The first kappa shape index (κ1) is 6.60. The van der Waals surface area contributed by atoms with Crippen LogP contribution in [0.4, 0.5) is 0 Å². The molecule has 0 bridgehead atoms. The predicted octanol–water partition coefficient (Wildman–Crippen LogP) is -0.268. The summed E-state index contributed by atoms with van der Waals surface area (Å²) in [6.07, 6.45) is 6.56. The molecule has 0 amide bonds. The maximum Gasteiger partial charge on any atom is 0.129 e. The van der Waals surface area contributed by atoms with Gasteiger partial charge in [0.1, 0.15) is 6.10 Å². The van der Waals surface area contributed by atoms with Gasteiger partial charge < -0.3 is 10.4 Å². The van der Waals surface area contributed by atoms with Gasteiger partial charge in [0.2, 0.25) is 0 Å². The molecule has 0 radical (unpaired) electrons. The Morgan fingerprint density at radius 2 is 2.56 bits per heavy atom. The third-order valence-corrected chi connectivity index (χ3v) is 1.65. The summed E-state index contributed by atoms with van der Waals surface area (Å²) in [6.45, 7) is 0.989. The average Bonchev–Trinajstić information content (AvgIpc) is 2.37. The van der Waals surface area contributed by atoms with Crippen molar-refractivity contribution in [3.8, 4) is 12.3 Å². The van der Waals surface area contributed by atoms with E-state index in [0.717, 1.165) is 19.4 Å². The molecular formula is C7H11NO. The first-order valence-corrected chi connectivity index (χ1v) is 3.22. The molecule has 0 aromatic carbocycles. The molecule has 1 heterocycles. The van der Waals surface area contributed by atoms with Crippen LogP contribution < -0.4 is 5.32 Å². The van der Waals surface area contributed by atoms with Crippen LogP contribution in [0.1, 0.15) is 12.8 Å². The standard InChI is InChI=1S/C7H11NO/c1-2-7(9)6-4-3-5-8-6/h1,6-9H,3-5H2/t6-,7?/m1/s1. The minimum Gasteiger partial charge on any atom is -0.379 e. The Morgan fingerprint density at radius 1 is 1.78 bits per heavy atom. The van der Waals surface area contributed by atoms with Crippen molar-refractivity contribution >= 4 is 0 Å². The molecule has 1 aliphatic rings. The van der Waals surface area contributed by atoms with Gasteiger partial charge in [-0.15, -0.1) is 6.42 Å². The van der Waals surface area contributed by atoms with Crippen molar-refractivity contribution in [1.82, 2.24) is 5.32 Å². The molecule has 0 saturated carbocycles. The Morgan fingerprint density at radius 3 is 3.00 bits per heavy atom. The maximum atomic E-state index is 9.06. The van der Waals surface area contributed by atoms with Gasteiger partial charge in [-0.1, -0.05) is 5.92 Å². The highest BCUT2D eigenvalue weighted by molar-refractivity contribution is 5.01. The molecule has 50 valence electrons. The average molecular weight is 125 g/mol. The smallest absolute Gasteiger partial charge is 0.129 e. The van der Waals surface area contributed by atoms with Crippen LogP contribution in [0.25, 0.3) is 0 Å². The van der Waals surface area contributed by atoms with E-state index in [0.29, 0.717) is 0 Å². The van der Waals surface area contributed by atoms with Crippen molar-refractivity contribution in [3.05, 3.63) is 0 Å². The fourth-order valence-electron chi connectivity index (χ4n) is 1.10. The van der Waals surface area contributed by atoms with E-state index in [-0.39, 0.29) is 6.04 Å². The summed E-state index contributed by atoms with van der Waals surface area (Å²) in [5, 5.41) is 12.2. The van der Waals surface area contributed by atoms with Gasteiger partial charge in [0.15, 0.2) is 0 Å². The third-order valence-electron chi connectivity index (χ3n) is 1.65. The summed E-state index contributed by atoms with van der Waals surface area (Å²) in [5.41, 5.74) is 0. The molecular weight excluding hydrogens is 114 g/mol. The van der Waals surface area contributed by atoms with Gasteiger partial charge in [-0.2, -0.15) is 0 Å². The van der Waals surface area contributed by atoms with Gasteiger partial charge in [0.25, 0.3) is 0 Å². The number of hydrogen-bond acceptors (Lipinski definition) is 2. The van der Waals surface area contributed by atoms with Crippen molar-refractivity contribution in [2.75, 3.05) is 6.54 Å². The highest BCUT2D eigenvalue weighted by atomic mass is 16.3. The highest BCUT2D eigenvalue weighted by Crippen LogP contribution is 2.07. The molecule has 1 fully saturated rings. The number of rotatable bonds is 1. The molecule has 0 spiro atoms. The van der Waals surface area contributed by atoms with Crippen LogP contribution in [0.15, 0.2) is 0 Å². The lowest BCUT2D eigenvalue weighted by Gasteiger charge is -2.10. The SMILES string of the molecule is C#CC(O)[C@H]1CCCN1. The van der Waals surface area contributed by atoms with E-state index in [9.17, 15) is 0 Å². The molecule has 1 rings (SSSR count). The van der Waals surface area contributed by atoms with Gasteiger partial charge in [-0.3, -0.25) is 0 Å². The number of nitrogens with one attached hydrogen (secondary N) is 1. The Labute approximate surface area is 55.3 Å². The monoisotopic (exact) mass is 125 g/mol. The molecule has 0 aliphatic carbocycles. The van der Waals surface area contributed by atoms with E-state index in [1.54, 1.807) is 0 Å². The van der Waals surface area contributed by atoms with E-state index in [1.165, 1.54) is 0 Å². The van der Waals surface area contributed by atoms with Crippen LogP contribution in [-0.2, 0) is 0 Å². The second-order valence-corrected chi connectivity index (χ2v) is 2.31. The van der Waals surface area contributed by atoms with Crippen molar-refractivity contribution in [1.29, 1.82) is 0 Å². The number of terminal acetylenes is 1. The summed E-state index contributed by atoms with van der Waals surface area (Å²) in [5.74, 6) is 2.30. The van der Waals surface area contributed by atoms with Crippen LogP contribution in [0.3, 0.4) is 0 Å².